The molecule has 0 bridgehead atoms. The van der Waals surface area contributed by atoms with Gasteiger partial charge in [-0.05, 0) is 45.4 Å². The highest BCUT2D eigenvalue weighted by atomic mass is 19.4. The number of amides is 1. The number of nitrogens with two attached hydrogens (primary N) is 1. The number of ether oxygens (including phenoxy) is 2. The number of halogens is 3. The number of rotatable bonds is 6. The van der Waals surface area contributed by atoms with Gasteiger partial charge in [0.25, 0.3) is 0 Å². The lowest BCUT2D eigenvalue weighted by molar-refractivity contribution is -0.274. The molecule has 10 heteroatoms. The third-order valence-corrected chi connectivity index (χ3v) is 3.08. The van der Waals surface area contributed by atoms with Gasteiger partial charge in [-0.1, -0.05) is 0 Å². The van der Waals surface area contributed by atoms with E-state index in [1.54, 1.807) is 20.8 Å². The van der Waals surface area contributed by atoms with Crippen molar-refractivity contribution in [2.75, 3.05) is 12.3 Å². The second-order valence-electron chi connectivity index (χ2n) is 6.57. The van der Waals surface area contributed by atoms with Crippen molar-refractivity contribution in [2.24, 2.45) is 0 Å². The topological polar surface area (TPSA) is 114 Å². The van der Waals surface area contributed by atoms with Gasteiger partial charge in [-0.2, -0.15) is 0 Å². The number of hydrogen-bond acceptors (Lipinski definition) is 6. The van der Waals surface area contributed by atoms with E-state index in [2.05, 4.69) is 10.1 Å². The number of hydrogen-bond donors (Lipinski definition) is 4. The summed E-state index contributed by atoms with van der Waals surface area (Å²) in [5, 5.41) is 22.5. The van der Waals surface area contributed by atoms with Gasteiger partial charge in [-0.25, -0.2) is 4.79 Å². The molecule has 148 valence electrons. The lowest BCUT2D eigenvalue weighted by Crippen LogP contribution is -2.34. The largest absolute Gasteiger partial charge is 0.573 e. The molecule has 1 rings (SSSR count). The molecule has 0 radical (unpaired) electrons. The molecule has 0 aromatic heterocycles. The van der Waals surface area contributed by atoms with Gasteiger partial charge in [0.15, 0.2) is 0 Å². The Labute approximate surface area is 148 Å². The summed E-state index contributed by atoms with van der Waals surface area (Å²) < 4.78 is 45.6. The normalized spacial score (nSPS) is 14.5. The second-order valence-corrected chi connectivity index (χ2v) is 6.57. The van der Waals surface area contributed by atoms with E-state index in [4.69, 9.17) is 10.5 Å². The van der Waals surface area contributed by atoms with Crippen LogP contribution in [0.25, 0.3) is 0 Å². The van der Waals surface area contributed by atoms with Crippen molar-refractivity contribution in [3.63, 3.8) is 0 Å². The number of aliphatic hydroxyl groups is 2. The molecule has 5 N–H and O–H groups in total. The first-order valence-electron chi connectivity index (χ1n) is 7.76. The van der Waals surface area contributed by atoms with Crippen molar-refractivity contribution in [3.8, 4) is 5.75 Å². The van der Waals surface area contributed by atoms with E-state index >= 15 is 0 Å². The molecular weight excluding hydrogens is 357 g/mol. The maximum absolute atomic E-state index is 12.3. The third kappa shape index (κ3) is 7.79. The van der Waals surface area contributed by atoms with Gasteiger partial charge >= 0.3 is 12.5 Å². The van der Waals surface area contributed by atoms with Crippen LogP contribution in [-0.4, -0.2) is 40.9 Å². The maximum atomic E-state index is 12.3. The Bertz CT molecular complexity index is 617. The van der Waals surface area contributed by atoms with E-state index < -0.39 is 36.0 Å². The smallest absolute Gasteiger partial charge is 0.444 e. The average molecular weight is 380 g/mol. The first-order valence-corrected chi connectivity index (χ1v) is 7.76. The molecule has 0 aliphatic heterocycles. The van der Waals surface area contributed by atoms with Gasteiger partial charge in [0.1, 0.15) is 17.5 Å². The van der Waals surface area contributed by atoms with Gasteiger partial charge < -0.3 is 30.7 Å². The minimum absolute atomic E-state index is 0.00817. The fraction of sp³-hybridized carbons (Fsp3) is 0.562. The highest BCUT2D eigenvalue weighted by Crippen LogP contribution is 2.31. The molecule has 2 atom stereocenters. The van der Waals surface area contributed by atoms with Crippen LogP contribution in [-0.2, 0) is 4.74 Å². The Kier molecular flexibility index (Phi) is 7.10. The van der Waals surface area contributed by atoms with E-state index in [0.29, 0.717) is 0 Å². The Hall–Kier alpha value is -2.20. The molecule has 7 nitrogen and oxygen atoms in total. The highest BCUT2D eigenvalue weighted by molar-refractivity contribution is 5.67. The summed E-state index contributed by atoms with van der Waals surface area (Å²) >= 11 is 0. The van der Waals surface area contributed by atoms with Crippen molar-refractivity contribution in [2.45, 2.75) is 51.4 Å². The van der Waals surface area contributed by atoms with E-state index in [9.17, 15) is 28.2 Å². The summed E-state index contributed by atoms with van der Waals surface area (Å²) in [6, 6.07) is 3.03. The standard InChI is InChI=1S/C16H23F3N2O5/c1-15(2,3)26-14(24)21-7-6-12(22)13(23)10-8-9(4-5-11(10)20)25-16(17,18)19/h4-5,8,12-13,22-23H,6-7,20H2,1-3H3,(H,21,24). The first-order chi connectivity index (χ1) is 11.8. The number of alkyl carbamates (subject to hydrolysis) is 1. The summed E-state index contributed by atoms with van der Waals surface area (Å²) in [4.78, 5) is 11.5. The minimum atomic E-state index is -4.89. The molecule has 2 unspecified atom stereocenters. The summed E-state index contributed by atoms with van der Waals surface area (Å²) in [5.74, 6) is -0.570. The summed E-state index contributed by atoms with van der Waals surface area (Å²) in [5.41, 5.74) is 4.83. The van der Waals surface area contributed by atoms with Crippen molar-refractivity contribution in [1.82, 2.24) is 5.32 Å². The fourth-order valence-electron chi connectivity index (χ4n) is 2.01. The molecule has 0 heterocycles. The van der Waals surface area contributed by atoms with Crippen molar-refractivity contribution < 1.29 is 37.7 Å². The summed E-state index contributed by atoms with van der Waals surface area (Å²) in [6.07, 6.45) is -8.61. The zero-order valence-corrected chi connectivity index (χ0v) is 14.6. The van der Waals surface area contributed by atoms with Gasteiger partial charge in [0, 0.05) is 17.8 Å². The molecule has 0 spiro atoms. The molecule has 1 amide bonds. The zero-order chi connectivity index (χ0) is 20.1. The summed E-state index contributed by atoms with van der Waals surface area (Å²) in [7, 11) is 0. The molecule has 26 heavy (non-hydrogen) atoms. The van der Waals surface area contributed by atoms with E-state index in [1.807, 2.05) is 0 Å². The average Bonchev–Trinajstić information content (AvgIpc) is 2.45. The Morgan fingerprint density at radius 1 is 1.27 bits per heavy atom. The minimum Gasteiger partial charge on any atom is -0.444 e. The monoisotopic (exact) mass is 380 g/mol. The van der Waals surface area contributed by atoms with Gasteiger partial charge in [-0.3, -0.25) is 0 Å². The van der Waals surface area contributed by atoms with Crippen LogP contribution >= 0.6 is 0 Å². The van der Waals surface area contributed by atoms with Crippen molar-refractivity contribution >= 4 is 11.8 Å². The van der Waals surface area contributed by atoms with Crippen molar-refractivity contribution in [1.29, 1.82) is 0 Å². The Morgan fingerprint density at radius 3 is 2.42 bits per heavy atom. The molecule has 0 aliphatic carbocycles. The molecule has 0 saturated carbocycles. The number of aliphatic hydroxyl groups excluding tert-OH is 2. The Morgan fingerprint density at radius 2 is 1.88 bits per heavy atom. The van der Waals surface area contributed by atoms with Crippen molar-refractivity contribution in [3.05, 3.63) is 23.8 Å². The number of nitrogens with one attached hydrogen (secondary N) is 1. The quantitative estimate of drug-likeness (QED) is 0.564. The van der Waals surface area contributed by atoms with Crippen LogP contribution in [0.2, 0.25) is 0 Å². The SMILES string of the molecule is CC(C)(C)OC(=O)NCCC(O)C(O)c1cc(OC(F)(F)F)ccc1N. The number of alkyl halides is 3. The molecular formula is C16H23F3N2O5. The van der Waals surface area contributed by atoms with Crippen LogP contribution in [0, 0.1) is 0 Å². The molecule has 0 aliphatic rings. The van der Waals surface area contributed by atoms with E-state index in [1.165, 1.54) is 0 Å². The highest BCUT2D eigenvalue weighted by Gasteiger charge is 2.32. The lowest BCUT2D eigenvalue weighted by atomic mass is 10.00. The van der Waals surface area contributed by atoms with Crippen LogP contribution in [0.1, 0.15) is 38.9 Å². The van der Waals surface area contributed by atoms with E-state index in [0.717, 1.165) is 18.2 Å². The third-order valence-electron chi connectivity index (χ3n) is 3.08. The lowest BCUT2D eigenvalue weighted by Gasteiger charge is -2.22. The number of carbonyl (C=O) groups is 1. The summed E-state index contributed by atoms with van der Waals surface area (Å²) in [6.45, 7) is 5.03. The molecule has 1 aromatic rings. The molecule has 0 fully saturated rings. The van der Waals surface area contributed by atoms with Crippen LogP contribution in [0.4, 0.5) is 23.7 Å². The first kappa shape index (κ1) is 21.8. The second kappa shape index (κ2) is 8.45. The zero-order valence-electron chi connectivity index (χ0n) is 14.6. The number of nitrogen functional groups attached to an aromatic ring is 1. The number of benzene rings is 1. The predicted octanol–water partition coefficient (Wildman–Crippen LogP) is 2.48. The predicted molar refractivity (Wildman–Crippen MR) is 87.4 cm³/mol. The van der Waals surface area contributed by atoms with Crippen LogP contribution in [0.15, 0.2) is 18.2 Å². The van der Waals surface area contributed by atoms with Crippen LogP contribution in [0.5, 0.6) is 5.75 Å². The maximum Gasteiger partial charge on any atom is 0.573 e. The van der Waals surface area contributed by atoms with Crippen LogP contribution < -0.4 is 15.8 Å². The van der Waals surface area contributed by atoms with E-state index in [-0.39, 0.29) is 24.2 Å². The van der Waals surface area contributed by atoms with Gasteiger partial charge in [0.2, 0.25) is 0 Å². The fourth-order valence-corrected chi connectivity index (χ4v) is 2.01. The molecule has 0 saturated heterocycles. The number of carbonyl (C=O) groups excluding carboxylic acids is 1. The van der Waals surface area contributed by atoms with Crippen LogP contribution in [0.3, 0.4) is 0 Å². The Balaban J connectivity index is 2.66. The van der Waals surface area contributed by atoms with Gasteiger partial charge in [0.05, 0.1) is 6.10 Å². The molecule has 1 aromatic carbocycles. The number of anilines is 1. The van der Waals surface area contributed by atoms with Gasteiger partial charge in [-0.15, -0.1) is 13.2 Å².